The van der Waals surface area contributed by atoms with Crippen molar-refractivity contribution in [3.05, 3.63) is 29.8 Å². The smallest absolute Gasteiger partial charge is 0.196 e. The van der Waals surface area contributed by atoms with E-state index >= 15 is 0 Å². The van der Waals surface area contributed by atoms with E-state index in [0.29, 0.717) is 12.0 Å². The van der Waals surface area contributed by atoms with Crippen molar-refractivity contribution in [3.63, 3.8) is 0 Å². The second-order valence-corrected chi connectivity index (χ2v) is 5.82. The summed E-state index contributed by atoms with van der Waals surface area (Å²) in [6.07, 6.45) is 6.78. The number of aryl methyl sites for hydroxylation is 1. The number of anilines is 1. The molecule has 1 aliphatic heterocycles. The van der Waals surface area contributed by atoms with Gasteiger partial charge in [0.05, 0.1) is 12.6 Å². The molecule has 3 heteroatoms. The fraction of sp³-hybridized carbons (Fsp3) is 0.562. The Labute approximate surface area is 115 Å². The van der Waals surface area contributed by atoms with Crippen molar-refractivity contribution in [2.75, 3.05) is 11.4 Å². The van der Waals surface area contributed by atoms with Gasteiger partial charge in [-0.05, 0) is 37.3 Å². The molecule has 19 heavy (non-hydrogen) atoms. The summed E-state index contributed by atoms with van der Waals surface area (Å²) < 4.78 is 0. The van der Waals surface area contributed by atoms with Crippen LogP contribution in [0.5, 0.6) is 0 Å². The third kappa shape index (κ3) is 2.34. The molecule has 2 aliphatic rings. The first kappa shape index (κ1) is 12.5. The van der Waals surface area contributed by atoms with Gasteiger partial charge in [-0.2, -0.15) is 0 Å². The van der Waals surface area contributed by atoms with Crippen LogP contribution < -0.4 is 10.6 Å². The van der Waals surface area contributed by atoms with Gasteiger partial charge in [0.15, 0.2) is 5.96 Å². The van der Waals surface area contributed by atoms with E-state index in [1.54, 1.807) is 0 Å². The Balaban J connectivity index is 1.88. The molecule has 0 bridgehead atoms. The molecular weight excluding hydrogens is 234 g/mol. The molecule has 0 amide bonds. The third-order valence-corrected chi connectivity index (χ3v) is 4.59. The average Bonchev–Trinajstić information content (AvgIpc) is 2.82. The van der Waals surface area contributed by atoms with Crippen LogP contribution in [0.4, 0.5) is 5.69 Å². The highest BCUT2D eigenvalue weighted by Crippen LogP contribution is 2.34. The van der Waals surface area contributed by atoms with Crippen molar-refractivity contribution in [1.82, 2.24) is 0 Å². The molecule has 1 aromatic carbocycles. The second-order valence-electron chi connectivity index (χ2n) is 5.82. The van der Waals surface area contributed by atoms with E-state index in [2.05, 4.69) is 41.1 Å². The number of para-hydroxylation sites is 1. The van der Waals surface area contributed by atoms with Crippen LogP contribution in [0.2, 0.25) is 0 Å². The zero-order valence-corrected chi connectivity index (χ0v) is 11.7. The quantitative estimate of drug-likeness (QED) is 0.884. The summed E-state index contributed by atoms with van der Waals surface area (Å²) in [6, 6.07) is 8.96. The second kappa shape index (κ2) is 5.24. The van der Waals surface area contributed by atoms with Crippen LogP contribution >= 0.6 is 0 Å². The molecule has 1 heterocycles. The van der Waals surface area contributed by atoms with Crippen molar-refractivity contribution in [2.24, 2.45) is 16.6 Å². The predicted molar refractivity (Wildman–Crippen MR) is 80.5 cm³/mol. The Kier molecular flexibility index (Phi) is 3.45. The van der Waals surface area contributed by atoms with E-state index in [0.717, 1.165) is 12.5 Å². The first-order valence-corrected chi connectivity index (χ1v) is 7.42. The Bertz CT molecular complexity index is 475. The highest BCUT2D eigenvalue weighted by molar-refractivity contribution is 5.97. The van der Waals surface area contributed by atoms with E-state index in [1.807, 2.05) is 0 Å². The van der Waals surface area contributed by atoms with Gasteiger partial charge >= 0.3 is 0 Å². The Morgan fingerprint density at radius 1 is 1.16 bits per heavy atom. The molecule has 0 spiro atoms. The maximum atomic E-state index is 6.15. The first-order valence-electron chi connectivity index (χ1n) is 7.42. The van der Waals surface area contributed by atoms with Gasteiger partial charge in [0.1, 0.15) is 0 Å². The van der Waals surface area contributed by atoms with Gasteiger partial charge in [-0.25, -0.2) is 0 Å². The zero-order chi connectivity index (χ0) is 13.2. The maximum absolute atomic E-state index is 6.15. The molecule has 0 radical (unpaired) electrons. The highest BCUT2D eigenvalue weighted by atomic mass is 15.3. The minimum atomic E-state index is 0.474. The van der Waals surface area contributed by atoms with Gasteiger partial charge < -0.3 is 10.6 Å². The molecule has 102 valence electrons. The van der Waals surface area contributed by atoms with Crippen LogP contribution in [-0.4, -0.2) is 18.5 Å². The molecule has 0 aromatic heterocycles. The predicted octanol–water partition coefficient (Wildman–Crippen LogP) is 3.08. The lowest BCUT2D eigenvalue weighted by atomic mass is 9.83. The summed E-state index contributed by atoms with van der Waals surface area (Å²) in [5.41, 5.74) is 8.67. The molecule has 1 aliphatic carbocycles. The Morgan fingerprint density at radius 2 is 1.89 bits per heavy atom. The summed E-state index contributed by atoms with van der Waals surface area (Å²) in [7, 11) is 0. The summed E-state index contributed by atoms with van der Waals surface area (Å²) in [6.45, 7) is 3.02. The van der Waals surface area contributed by atoms with Crippen molar-refractivity contribution in [2.45, 2.75) is 45.1 Å². The standard InChI is InChI=1S/C16H23N3/c1-12-7-5-6-10-14(12)19-15(11-18-16(19)17)13-8-3-2-4-9-13/h5-7,10,13,15H,2-4,8-9,11H2,1H3,(H2,17,18). The third-order valence-electron chi connectivity index (χ3n) is 4.59. The number of hydrogen-bond donors (Lipinski definition) is 1. The van der Waals surface area contributed by atoms with Crippen molar-refractivity contribution in [3.8, 4) is 0 Å². The summed E-state index contributed by atoms with van der Waals surface area (Å²) in [5.74, 6) is 1.45. The molecule has 1 saturated carbocycles. The van der Waals surface area contributed by atoms with Crippen molar-refractivity contribution >= 4 is 11.6 Å². The van der Waals surface area contributed by atoms with Gasteiger partial charge in [0.25, 0.3) is 0 Å². The SMILES string of the molecule is Cc1ccccc1N1C(N)=NCC1C1CCCCC1. The fourth-order valence-corrected chi connectivity index (χ4v) is 3.53. The Hall–Kier alpha value is -1.51. The molecule has 2 N–H and O–H groups in total. The maximum Gasteiger partial charge on any atom is 0.196 e. The summed E-state index contributed by atoms with van der Waals surface area (Å²) in [4.78, 5) is 6.80. The lowest BCUT2D eigenvalue weighted by Gasteiger charge is -2.35. The lowest BCUT2D eigenvalue weighted by Crippen LogP contribution is -2.45. The molecular formula is C16H23N3. The summed E-state index contributed by atoms with van der Waals surface area (Å²) >= 11 is 0. The topological polar surface area (TPSA) is 41.6 Å². The number of benzene rings is 1. The average molecular weight is 257 g/mol. The van der Waals surface area contributed by atoms with Crippen LogP contribution in [0.3, 0.4) is 0 Å². The van der Waals surface area contributed by atoms with Crippen LogP contribution in [0.25, 0.3) is 0 Å². The van der Waals surface area contributed by atoms with E-state index in [4.69, 9.17) is 5.73 Å². The minimum absolute atomic E-state index is 0.474. The van der Waals surface area contributed by atoms with Crippen LogP contribution in [0.15, 0.2) is 29.3 Å². The number of rotatable bonds is 2. The van der Waals surface area contributed by atoms with E-state index < -0.39 is 0 Å². The normalized spacial score (nSPS) is 24.6. The minimum Gasteiger partial charge on any atom is -0.370 e. The van der Waals surface area contributed by atoms with E-state index in [1.165, 1.54) is 43.4 Å². The number of aliphatic imine (C=N–C) groups is 1. The molecule has 3 nitrogen and oxygen atoms in total. The van der Waals surface area contributed by atoms with Gasteiger partial charge in [-0.3, -0.25) is 4.99 Å². The Morgan fingerprint density at radius 3 is 2.63 bits per heavy atom. The first-order chi connectivity index (χ1) is 9.27. The monoisotopic (exact) mass is 257 g/mol. The van der Waals surface area contributed by atoms with E-state index in [9.17, 15) is 0 Å². The van der Waals surface area contributed by atoms with Gasteiger partial charge in [0, 0.05) is 5.69 Å². The van der Waals surface area contributed by atoms with E-state index in [-0.39, 0.29) is 0 Å². The summed E-state index contributed by atoms with van der Waals surface area (Å²) in [5, 5.41) is 0. The molecule has 0 saturated heterocycles. The highest BCUT2D eigenvalue weighted by Gasteiger charge is 2.34. The number of guanidine groups is 1. The number of nitrogens with zero attached hydrogens (tertiary/aromatic N) is 2. The van der Waals surface area contributed by atoms with Gasteiger partial charge in [-0.15, -0.1) is 0 Å². The zero-order valence-electron chi connectivity index (χ0n) is 11.7. The van der Waals surface area contributed by atoms with Gasteiger partial charge in [-0.1, -0.05) is 37.5 Å². The van der Waals surface area contributed by atoms with Crippen LogP contribution in [-0.2, 0) is 0 Å². The van der Waals surface area contributed by atoms with Crippen LogP contribution in [0, 0.1) is 12.8 Å². The molecule has 1 unspecified atom stereocenters. The van der Waals surface area contributed by atoms with Crippen LogP contribution in [0.1, 0.15) is 37.7 Å². The molecule has 3 rings (SSSR count). The number of hydrogen-bond acceptors (Lipinski definition) is 3. The lowest BCUT2D eigenvalue weighted by molar-refractivity contribution is 0.314. The van der Waals surface area contributed by atoms with Gasteiger partial charge in [0.2, 0.25) is 0 Å². The molecule has 1 fully saturated rings. The van der Waals surface area contributed by atoms with Crippen molar-refractivity contribution < 1.29 is 0 Å². The number of nitrogens with two attached hydrogens (primary N) is 1. The fourth-order valence-electron chi connectivity index (χ4n) is 3.53. The largest absolute Gasteiger partial charge is 0.370 e. The van der Waals surface area contributed by atoms with Crippen molar-refractivity contribution in [1.29, 1.82) is 0 Å². The molecule has 1 aromatic rings. The molecule has 1 atom stereocenters.